The summed E-state index contributed by atoms with van der Waals surface area (Å²) in [5, 5.41) is 1.52. The number of thiophene rings is 1. The van der Waals surface area contributed by atoms with E-state index in [1.165, 1.54) is 9.75 Å². The number of hydrogen-bond acceptors (Lipinski definition) is 1. The SMILES string of the molecule is CC(C)(C)c1sc2c(c1C(C)(C)C)=CCC=2. The summed E-state index contributed by atoms with van der Waals surface area (Å²) in [4.78, 5) is 1.57. The lowest BCUT2D eigenvalue weighted by Crippen LogP contribution is -2.29. The van der Waals surface area contributed by atoms with Crippen LogP contribution in [0.3, 0.4) is 0 Å². The van der Waals surface area contributed by atoms with Gasteiger partial charge in [-0.3, -0.25) is 0 Å². The second-order valence-corrected chi connectivity index (χ2v) is 7.78. The van der Waals surface area contributed by atoms with E-state index >= 15 is 0 Å². The van der Waals surface area contributed by atoms with Gasteiger partial charge in [-0.1, -0.05) is 53.7 Å². The van der Waals surface area contributed by atoms with E-state index in [0.29, 0.717) is 0 Å². The predicted molar refractivity (Wildman–Crippen MR) is 74.5 cm³/mol. The van der Waals surface area contributed by atoms with Crippen molar-refractivity contribution in [3.8, 4) is 0 Å². The molecule has 0 unspecified atom stereocenters. The third kappa shape index (κ3) is 1.86. The smallest absolute Gasteiger partial charge is 0.0309 e. The van der Waals surface area contributed by atoms with Gasteiger partial charge >= 0.3 is 0 Å². The summed E-state index contributed by atoms with van der Waals surface area (Å²) >= 11 is 2.00. The van der Waals surface area contributed by atoms with Crippen LogP contribution in [-0.4, -0.2) is 0 Å². The molecule has 0 radical (unpaired) electrons. The molecule has 0 nitrogen and oxygen atoms in total. The fraction of sp³-hybridized carbons (Fsp3) is 0.600. The van der Waals surface area contributed by atoms with Gasteiger partial charge in [-0.15, -0.1) is 11.3 Å². The van der Waals surface area contributed by atoms with Crippen LogP contribution in [0.15, 0.2) is 0 Å². The van der Waals surface area contributed by atoms with Crippen molar-refractivity contribution >= 4 is 23.5 Å². The van der Waals surface area contributed by atoms with Crippen LogP contribution < -0.4 is 9.75 Å². The fourth-order valence-corrected chi connectivity index (χ4v) is 3.89. The largest absolute Gasteiger partial charge is 0.140 e. The average Bonchev–Trinajstić information content (AvgIpc) is 2.53. The Morgan fingerprint density at radius 2 is 1.56 bits per heavy atom. The van der Waals surface area contributed by atoms with E-state index in [-0.39, 0.29) is 10.8 Å². The molecule has 0 bridgehead atoms. The topological polar surface area (TPSA) is 0 Å². The molecule has 1 aromatic rings. The van der Waals surface area contributed by atoms with Crippen molar-refractivity contribution in [3.63, 3.8) is 0 Å². The van der Waals surface area contributed by atoms with Crippen molar-refractivity contribution in [2.45, 2.75) is 58.8 Å². The lowest BCUT2D eigenvalue weighted by Gasteiger charge is -2.26. The molecule has 1 aliphatic carbocycles. The first kappa shape index (κ1) is 11.9. The van der Waals surface area contributed by atoms with Gasteiger partial charge in [0, 0.05) is 9.41 Å². The van der Waals surface area contributed by atoms with Crippen molar-refractivity contribution in [2.75, 3.05) is 0 Å². The minimum Gasteiger partial charge on any atom is -0.140 e. The molecule has 0 spiro atoms. The minimum atomic E-state index is 0.251. The maximum atomic E-state index is 2.39. The molecule has 0 aliphatic heterocycles. The monoisotopic (exact) mass is 234 g/mol. The van der Waals surface area contributed by atoms with E-state index in [9.17, 15) is 0 Å². The first-order valence-corrected chi connectivity index (χ1v) is 6.87. The van der Waals surface area contributed by atoms with Gasteiger partial charge in [0.2, 0.25) is 0 Å². The molecule has 1 heterocycles. The normalized spacial score (nSPS) is 15.6. The minimum absolute atomic E-state index is 0.251. The Morgan fingerprint density at radius 1 is 0.938 bits per heavy atom. The summed E-state index contributed by atoms with van der Waals surface area (Å²) in [6, 6.07) is 0. The Bertz CT molecular complexity index is 515. The molecule has 1 heteroatoms. The van der Waals surface area contributed by atoms with Crippen molar-refractivity contribution < 1.29 is 0 Å². The van der Waals surface area contributed by atoms with E-state index in [1.807, 2.05) is 11.3 Å². The second-order valence-electron chi connectivity index (χ2n) is 6.73. The zero-order chi connectivity index (χ0) is 12.1. The Hall–Kier alpha value is -0.560. The number of hydrogen-bond donors (Lipinski definition) is 0. The molecule has 88 valence electrons. The lowest BCUT2D eigenvalue weighted by molar-refractivity contribution is 0.539. The Kier molecular flexibility index (Phi) is 2.58. The van der Waals surface area contributed by atoms with Gasteiger partial charge in [0.15, 0.2) is 0 Å². The quantitative estimate of drug-likeness (QED) is 0.646. The molecule has 0 saturated heterocycles. The second kappa shape index (κ2) is 3.46. The van der Waals surface area contributed by atoms with Gasteiger partial charge in [0.25, 0.3) is 0 Å². The zero-order valence-electron chi connectivity index (χ0n) is 11.3. The van der Waals surface area contributed by atoms with Crippen LogP contribution in [-0.2, 0) is 10.8 Å². The lowest BCUT2D eigenvalue weighted by atomic mass is 9.80. The highest BCUT2D eigenvalue weighted by Crippen LogP contribution is 2.34. The van der Waals surface area contributed by atoms with Crippen LogP contribution in [0, 0.1) is 0 Å². The van der Waals surface area contributed by atoms with Crippen LogP contribution in [0.5, 0.6) is 0 Å². The number of rotatable bonds is 0. The maximum absolute atomic E-state index is 2.39. The molecule has 1 aromatic heterocycles. The third-order valence-corrected chi connectivity index (χ3v) is 4.66. The van der Waals surface area contributed by atoms with Crippen molar-refractivity contribution in [1.29, 1.82) is 0 Å². The molecule has 0 N–H and O–H groups in total. The highest BCUT2D eigenvalue weighted by Gasteiger charge is 2.29. The first-order chi connectivity index (χ1) is 7.21. The predicted octanol–water partition coefficient (Wildman–Crippen LogP) is 3.31. The van der Waals surface area contributed by atoms with E-state index in [4.69, 9.17) is 0 Å². The fourth-order valence-electron chi connectivity index (χ4n) is 2.37. The van der Waals surface area contributed by atoms with E-state index in [0.717, 1.165) is 6.42 Å². The Morgan fingerprint density at radius 3 is 2.06 bits per heavy atom. The van der Waals surface area contributed by atoms with Gasteiger partial charge in [0.05, 0.1) is 0 Å². The van der Waals surface area contributed by atoms with Crippen molar-refractivity contribution in [1.82, 2.24) is 0 Å². The Balaban J connectivity index is 2.80. The zero-order valence-corrected chi connectivity index (χ0v) is 12.1. The molecule has 0 fully saturated rings. The molecule has 1 aliphatic rings. The molecule has 0 amide bonds. The summed E-state index contributed by atoms with van der Waals surface area (Å²) in [6.45, 7) is 14.0. The highest BCUT2D eigenvalue weighted by atomic mass is 32.1. The molecule has 0 atom stereocenters. The summed E-state index contributed by atoms with van der Waals surface area (Å²) in [5.74, 6) is 0. The van der Waals surface area contributed by atoms with Gasteiger partial charge < -0.3 is 0 Å². The molecule has 2 rings (SSSR count). The van der Waals surface area contributed by atoms with Crippen LogP contribution in [0.4, 0.5) is 0 Å². The standard InChI is InChI=1S/C15H22S/c1-14(2,3)12-10-8-7-9-11(10)16-13(12)15(4,5)6/h8-9H,7H2,1-6H3. The summed E-state index contributed by atoms with van der Waals surface area (Å²) < 4.78 is 1.50. The number of fused-ring (bicyclic) bond motifs is 1. The average molecular weight is 234 g/mol. The highest BCUT2D eigenvalue weighted by molar-refractivity contribution is 7.10. The van der Waals surface area contributed by atoms with Crippen LogP contribution in [0.1, 0.15) is 58.4 Å². The van der Waals surface area contributed by atoms with E-state index in [2.05, 4.69) is 53.7 Å². The molecular formula is C15H22S. The van der Waals surface area contributed by atoms with Crippen molar-refractivity contribution in [3.05, 3.63) is 20.2 Å². The molecule has 0 saturated carbocycles. The molecule has 16 heavy (non-hydrogen) atoms. The van der Waals surface area contributed by atoms with Gasteiger partial charge in [-0.25, -0.2) is 0 Å². The maximum Gasteiger partial charge on any atom is 0.0309 e. The molecular weight excluding hydrogens is 212 g/mol. The molecule has 0 aromatic carbocycles. The van der Waals surface area contributed by atoms with Gasteiger partial charge in [-0.2, -0.15) is 0 Å². The van der Waals surface area contributed by atoms with Gasteiger partial charge in [0.1, 0.15) is 0 Å². The van der Waals surface area contributed by atoms with E-state index < -0.39 is 0 Å². The van der Waals surface area contributed by atoms with Crippen LogP contribution >= 0.6 is 11.3 Å². The third-order valence-electron chi connectivity index (χ3n) is 3.03. The van der Waals surface area contributed by atoms with E-state index in [1.54, 1.807) is 10.4 Å². The van der Waals surface area contributed by atoms with Crippen LogP contribution in [0.2, 0.25) is 0 Å². The van der Waals surface area contributed by atoms with Gasteiger partial charge in [-0.05, 0) is 28.0 Å². The van der Waals surface area contributed by atoms with Crippen molar-refractivity contribution in [2.24, 2.45) is 0 Å². The summed E-state index contributed by atoms with van der Waals surface area (Å²) in [7, 11) is 0. The Labute approximate surface area is 103 Å². The summed E-state index contributed by atoms with van der Waals surface area (Å²) in [6.07, 6.45) is 5.88. The van der Waals surface area contributed by atoms with Crippen LogP contribution in [0.25, 0.3) is 12.2 Å². The summed E-state index contributed by atoms with van der Waals surface area (Å²) in [5.41, 5.74) is 2.09. The first-order valence-electron chi connectivity index (χ1n) is 6.05.